The van der Waals surface area contributed by atoms with Gasteiger partial charge in [0.1, 0.15) is 30.1 Å². The van der Waals surface area contributed by atoms with Gasteiger partial charge in [-0.1, -0.05) is 32.6 Å². The Balaban J connectivity index is 1.55. The van der Waals surface area contributed by atoms with E-state index in [9.17, 15) is 5.11 Å². The number of fused-ring (bicyclic) bond motifs is 1. The normalized spacial score (nSPS) is 19.8. The summed E-state index contributed by atoms with van der Waals surface area (Å²) in [6.07, 6.45) is 9.94. The van der Waals surface area contributed by atoms with Crippen molar-refractivity contribution < 1.29 is 9.84 Å². The smallest absolute Gasteiger partial charge is 0.138 e. The average Bonchev–Trinajstić information content (AvgIpc) is 2.72. The summed E-state index contributed by atoms with van der Waals surface area (Å²) in [5.74, 6) is 2.57. The van der Waals surface area contributed by atoms with E-state index in [1.807, 2.05) is 6.07 Å². The molecule has 1 heterocycles. The van der Waals surface area contributed by atoms with Crippen molar-refractivity contribution in [2.24, 2.45) is 5.92 Å². The molecule has 1 N–H and O–H groups in total. The first-order chi connectivity index (χ1) is 14.4. The van der Waals surface area contributed by atoms with Gasteiger partial charge in [0.05, 0.1) is 0 Å². The summed E-state index contributed by atoms with van der Waals surface area (Å²) in [6.45, 7) is 13.2. The van der Waals surface area contributed by atoms with E-state index in [1.54, 1.807) is 12.3 Å². The molecule has 0 saturated carbocycles. The first-order valence-electron chi connectivity index (χ1n) is 10.9. The highest BCUT2D eigenvalue weighted by molar-refractivity contribution is 5.52. The van der Waals surface area contributed by atoms with Gasteiger partial charge in [0.25, 0.3) is 0 Å². The largest absolute Gasteiger partial charge is 0.508 e. The Labute approximate surface area is 180 Å². The van der Waals surface area contributed by atoms with Gasteiger partial charge < -0.3 is 9.84 Å². The molecule has 1 aromatic heterocycles. The molecular formula is C26H34N2O2. The van der Waals surface area contributed by atoms with E-state index in [-0.39, 0.29) is 0 Å². The molecule has 0 bridgehead atoms. The van der Waals surface area contributed by atoms with Crippen LogP contribution < -0.4 is 0 Å². The van der Waals surface area contributed by atoms with Crippen LogP contribution >= 0.6 is 0 Å². The maximum atomic E-state index is 10.5. The summed E-state index contributed by atoms with van der Waals surface area (Å²) in [4.78, 5) is 8.07. The van der Waals surface area contributed by atoms with Crippen molar-refractivity contribution in [3.8, 4) is 5.75 Å². The fourth-order valence-electron chi connectivity index (χ4n) is 4.55. The van der Waals surface area contributed by atoms with Crippen molar-refractivity contribution in [1.29, 1.82) is 0 Å². The Hall–Kier alpha value is -2.62. The van der Waals surface area contributed by atoms with E-state index in [1.165, 1.54) is 29.4 Å². The third-order valence-electron chi connectivity index (χ3n) is 6.28. The van der Waals surface area contributed by atoms with Gasteiger partial charge in [0.2, 0.25) is 0 Å². The standard InChI is InChI=1S/C26H34N2O2/c1-17(15-30-21(5)24-11-12-27-16-28-24)7-6-8-19(3)22-10-9-20(4)26-23(22)13-18(2)14-25(26)29/h7,11-14,16,19-20,22,29H,5-6,8-10,15H2,1-4H3/b17-7+/t19-,20+,22?/m0/s1. The monoisotopic (exact) mass is 406 g/mol. The lowest BCUT2D eigenvalue weighted by molar-refractivity contribution is 0.308. The van der Waals surface area contributed by atoms with Crippen LogP contribution in [0, 0.1) is 12.8 Å². The third-order valence-corrected chi connectivity index (χ3v) is 6.28. The van der Waals surface area contributed by atoms with E-state index >= 15 is 0 Å². The van der Waals surface area contributed by atoms with Gasteiger partial charge in [-0.2, -0.15) is 0 Å². The van der Waals surface area contributed by atoms with Crippen molar-refractivity contribution >= 4 is 5.76 Å². The highest BCUT2D eigenvalue weighted by atomic mass is 16.5. The lowest BCUT2D eigenvalue weighted by atomic mass is 9.71. The van der Waals surface area contributed by atoms with E-state index < -0.39 is 0 Å². The van der Waals surface area contributed by atoms with Crippen LogP contribution in [-0.4, -0.2) is 21.7 Å². The number of allylic oxidation sites excluding steroid dienone is 1. The number of hydrogen-bond donors (Lipinski definition) is 1. The first-order valence-corrected chi connectivity index (χ1v) is 10.9. The first kappa shape index (κ1) is 22.1. The summed E-state index contributed by atoms with van der Waals surface area (Å²) in [5.41, 5.74) is 5.60. The van der Waals surface area contributed by atoms with Crippen LogP contribution in [0.5, 0.6) is 5.75 Å². The Kier molecular flexibility index (Phi) is 7.30. The van der Waals surface area contributed by atoms with Crippen LogP contribution in [0.15, 0.2) is 49.0 Å². The van der Waals surface area contributed by atoms with Gasteiger partial charge in [-0.05, 0) is 86.1 Å². The topological polar surface area (TPSA) is 55.2 Å². The Morgan fingerprint density at radius 3 is 2.90 bits per heavy atom. The second kappa shape index (κ2) is 9.92. The molecule has 4 nitrogen and oxygen atoms in total. The maximum Gasteiger partial charge on any atom is 0.138 e. The number of phenols is 1. The summed E-state index contributed by atoms with van der Waals surface area (Å²) < 4.78 is 5.77. The predicted molar refractivity (Wildman–Crippen MR) is 122 cm³/mol. The molecule has 1 unspecified atom stereocenters. The Bertz CT molecular complexity index is 905. The zero-order valence-corrected chi connectivity index (χ0v) is 18.7. The quantitative estimate of drug-likeness (QED) is 0.400. The van der Waals surface area contributed by atoms with E-state index in [2.05, 4.69) is 56.4 Å². The number of ether oxygens (including phenoxy) is 1. The second-order valence-corrected chi connectivity index (χ2v) is 8.78. The molecule has 1 aliphatic rings. The molecule has 30 heavy (non-hydrogen) atoms. The predicted octanol–water partition coefficient (Wildman–Crippen LogP) is 6.52. The minimum atomic E-state index is 0.436. The Morgan fingerprint density at radius 1 is 1.37 bits per heavy atom. The van der Waals surface area contributed by atoms with Crippen molar-refractivity contribution in [2.75, 3.05) is 6.61 Å². The summed E-state index contributed by atoms with van der Waals surface area (Å²) in [6, 6.07) is 5.99. The van der Waals surface area contributed by atoms with Gasteiger partial charge in [0, 0.05) is 11.8 Å². The van der Waals surface area contributed by atoms with Crippen molar-refractivity contribution in [2.45, 2.75) is 65.2 Å². The van der Waals surface area contributed by atoms with Gasteiger partial charge in [-0.25, -0.2) is 9.97 Å². The molecule has 0 saturated heterocycles. The van der Waals surface area contributed by atoms with Gasteiger partial charge in [-0.15, -0.1) is 0 Å². The lowest BCUT2D eigenvalue weighted by Crippen LogP contribution is -2.19. The van der Waals surface area contributed by atoms with Crippen LogP contribution in [0.4, 0.5) is 0 Å². The molecule has 160 valence electrons. The highest BCUT2D eigenvalue weighted by Gasteiger charge is 2.30. The average molecular weight is 407 g/mol. The molecule has 0 spiro atoms. The minimum Gasteiger partial charge on any atom is -0.508 e. The van der Waals surface area contributed by atoms with E-state index in [0.717, 1.165) is 30.5 Å². The van der Waals surface area contributed by atoms with Crippen LogP contribution in [0.25, 0.3) is 5.76 Å². The van der Waals surface area contributed by atoms with Crippen LogP contribution in [0.1, 0.15) is 80.7 Å². The SMILES string of the molecule is C=C(OC/C(C)=C/CC[C@H](C)C1CC[C@@H](C)c2c(O)cc(C)cc21)c1ccncn1. The molecular weight excluding hydrogens is 372 g/mol. The summed E-state index contributed by atoms with van der Waals surface area (Å²) in [5, 5.41) is 10.5. The second-order valence-electron chi connectivity index (χ2n) is 8.78. The van der Waals surface area contributed by atoms with E-state index in [0.29, 0.717) is 35.9 Å². The minimum absolute atomic E-state index is 0.436. The van der Waals surface area contributed by atoms with Crippen LogP contribution in [0.2, 0.25) is 0 Å². The third kappa shape index (κ3) is 5.29. The molecule has 2 aromatic rings. The number of rotatable bonds is 8. The molecule has 0 amide bonds. The number of aryl methyl sites for hydroxylation is 1. The fourth-order valence-corrected chi connectivity index (χ4v) is 4.55. The number of hydrogen-bond acceptors (Lipinski definition) is 4. The molecule has 1 aliphatic carbocycles. The van der Waals surface area contributed by atoms with Gasteiger partial charge in [-0.3, -0.25) is 0 Å². The molecule has 3 rings (SSSR count). The number of nitrogens with zero attached hydrogens (tertiary/aromatic N) is 2. The highest BCUT2D eigenvalue weighted by Crippen LogP contribution is 2.47. The van der Waals surface area contributed by atoms with Gasteiger partial charge in [0.15, 0.2) is 0 Å². The molecule has 4 heteroatoms. The van der Waals surface area contributed by atoms with Crippen LogP contribution in [0.3, 0.4) is 0 Å². The molecule has 1 aromatic carbocycles. The number of aromatic hydroxyl groups is 1. The Morgan fingerprint density at radius 2 is 2.17 bits per heavy atom. The maximum absolute atomic E-state index is 10.5. The van der Waals surface area contributed by atoms with Gasteiger partial charge >= 0.3 is 0 Å². The summed E-state index contributed by atoms with van der Waals surface area (Å²) >= 11 is 0. The zero-order chi connectivity index (χ0) is 21.7. The van der Waals surface area contributed by atoms with Crippen molar-refractivity contribution in [1.82, 2.24) is 9.97 Å². The van der Waals surface area contributed by atoms with E-state index in [4.69, 9.17) is 4.74 Å². The van der Waals surface area contributed by atoms with Crippen LogP contribution in [-0.2, 0) is 4.74 Å². The molecule has 0 fully saturated rings. The van der Waals surface area contributed by atoms with Crippen molar-refractivity contribution in [3.63, 3.8) is 0 Å². The number of aromatic nitrogens is 2. The molecule has 0 radical (unpaired) electrons. The zero-order valence-electron chi connectivity index (χ0n) is 18.7. The number of benzene rings is 1. The summed E-state index contributed by atoms with van der Waals surface area (Å²) in [7, 11) is 0. The lowest BCUT2D eigenvalue weighted by Gasteiger charge is -2.34. The molecule has 3 atom stereocenters. The fraction of sp³-hybridized carbons (Fsp3) is 0.462. The molecule has 0 aliphatic heterocycles. The number of phenolic OH excluding ortho intramolecular Hbond substituents is 1. The van der Waals surface area contributed by atoms with Crippen molar-refractivity contribution in [3.05, 3.63) is 71.3 Å².